The first-order valence-electron chi connectivity index (χ1n) is 11.6. The quantitative estimate of drug-likeness (QED) is 0.798. The van der Waals surface area contributed by atoms with Gasteiger partial charge in [-0.2, -0.15) is 0 Å². The average molecular weight is 412 g/mol. The number of nitrogens with zero attached hydrogens (tertiary/aromatic N) is 2. The number of amides is 2. The standard InChI is InChI=1S/C24H33N3O3/c28-20-16-27(14-11-25-20)22-18-7-3-4-8-19(18)24(23(22)30)9-12-26(13-10-24)21(29)15-17-5-1-2-6-17/h3-4,7-8,17,22-23,30H,1-2,5-6,9-16H2,(H,25,28)/t22-,23+/m0/s1. The van der Waals surface area contributed by atoms with Crippen LogP contribution in [-0.4, -0.2) is 65.5 Å². The van der Waals surface area contributed by atoms with Crippen LogP contribution in [0.3, 0.4) is 0 Å². The third kappa shape index (κ3) is 3.34. The van der Waals surface area contributed by atoms with Gasteiger partial charge in [-0.25, -0.2) is 0 Å². The third-order valence-corrected chi connectivity index (χ3v) is 8.09. The average Bonchev–Trinajstić information content (AvgIpc) is 3.34. The van der Waals surface area contributed by atoms with Crippen LogP contribution in [0.4, 0.5) is 0 Å². The molecule has 1 saturated carbocycles. The van der Waals surface area contributed by atoms with E-state index in [0.29, 0.717) is 44.4 Å². The van der Waals surface area contributed by atoms with Gasteiger partial charge in [0.05, 0.1) is 18.7 Å². The predicted molar refractivity (Wildman–Crippen MR) is 114 cm³/mol. The Morgan fingerprint density at radius 3 is 2.60 bits per heavy atom. The Morgan fingerprint density at radius 2 is 1.87 bits per heavy atom. The second-order valence-corrected chi connectivity index (χ2v) is 9.69. The van der Waals surface area contributed by atoms with Crippen molar-refractivity contribution in [1.29, 1.82) is 0 Å². The van der Waals surface area contributed by atoms with Gasteiger partial charge < -0.3 is 15.3 Å². The minimum atomic E-state index is -0.548. The first kappa shape index (κ1) is 20.0. The Kier molecular flexibility index (Phi) is 5.31. The summed E-state index contributed by atoms with van der Waals surface area (Å²) in [7, 11) is 0. The zero-order valence-corrected chi connectivity index (χ0v) is 17.7. The van der Waals surface area contributed by atoms with Crippen LogP contribution in [0.15, 0.2) is 24.3 Å². The number of hydrogen-bond donors (Lipinski definition) is 2. The van der Waals surface area contributed by atoms with Gasteiger partial charge in [0.2, 0.25) is 11.8 Å². The number of carbonyl (C=O) groups is 2. The van der Waals surface area contributed by atoms with Crippen molar-refractivity contribution in [3.63, 3.8) is 0 Å². The molecule has 1 aromatic carbocycles. The number of carbonyl (C=O) groups excluding carboxylic acids is 2. The Labute approximate surface area is 178 Å². The van der Waals surface area contributed by atoms with Crippen LogP contribution in [-0.2, 0) is 15.0 Å². The molecule has 4 aliphatic rings. The molecule has 2 aliphatic heterocycles. The molecule has 3 fully saturated rings. The number of aliphatic hydroxyl groups is 1. The summed E-state index contributed by atoms with van der Waals surface area (Å²) in [6.45, 7) is 3.14. The normalized spacial score (nSPS) is 29.2. The number of fused-ring (bicyclic) bond motifs is 2. The molecule has 0 radical (unpaired) electrons. The second-order valence-electron chi connectivity index (χ2n) is 9.69. The molecule has 30 heavy (non-hydrogen) atoms. The molecule has 2 N–H and O–H groups in total. The number of benzene rings is 1. The van der Waals surface area contributed by atoms with Crippen molar-refractivity contribution >= 4 is 11.8 Å². The molecular formula is C24H33N3O3. The molecule has 2 aliphatic carbocycles. The number of nitrogens with one attached hydrogen (secondary N) is 1. The van der Waals surface area contributed by atoms with Crippen molar-refractivity contribution in [2.75, 3.05) is 32.7 Å². The maximum absolute atomic E-state index is 12.8. The fourth-order valence-corrected chi connectivity index (χ4v) is 6.44. The third-order valence-electron chi connectivity index (χ3n) is 8.09. The molecule has 1 aromatic rings. The molecule has 5 rings (SSSR count). The van der Waals surface area contributed by atoms with E-state index in [1.165, 1.54) is 31.2 Å². The molecule has 2 atom stereocenters. The lowest BCUT2D eigenvalue weighted by Gasteiger charge is -2.44. The summed E-state index contributed by atoms with van der Waals surface area (Å²) in [5.74, 6) is 0.891. The van der Waals surface area contributed by atoms with Crippen LogP contribution in [0, 0.1) is 5.92 Å². The molecule has 2 saturated heterocycles. The van der Waals surface area contributed by atoms with E-state index in [1.54, 1.807) is 0 Å². The fourth-order valence-electron chi connectivity index (χ4n) is 6.44. The number of aliphatic hydroxyl groups excluding tert-OH is 1. The van der Waals surface area contributed by atoms with Crippen molar-refractivity contribution in [2.45, 2.75) is 62.5 Å². The van der Waals surface area contributed by atoms with Crippen LogP contribution >= 0.6 is 0 Å². The fraction of sp³-hybridized carbons (Fsp3) is 0.667. The maximum atomic E-state index is 12.8. The molecule has 0 aromatic heterocycles. The molecule has 2 amide bonds. The Balaban J connectivity index is 1.34. The van der Waals surface area contributed by atoms with Crippen LogP contribution in [0.2, 0.25) is 0 Å². The number of hydrogen-bond acceptors (Lipinski definition) is 4. The SMILES string of the molecule is O=C1CN([C@H]2c3ccccc3C3(CCN(C(=O)CC4CCCC4)CC3)[C@@H]2O)CCN1. The van der Waals surface area contributed by atoms with Gasteiger partial charge in [-0.1, -0.05) is 37.1 Å². The van der Waals surface area contributed by atoms with Crippen LogP contribution in [0.1, 0.15) is 62.1 Å². The number of piperidine rings is 1. The van der Waals surface area contributed by atoms with Gasteiger partial charge in [0.15, 0.2) is 0 Å². The summed E-state index contributed by atoms with van der Waals surface area (Å²) >= 11 is 0. The highest BCUT2D eigenvalue weighted by atomic mass is 16.3. The van der Waals surface area contributed by atoms with Crippen molar-refractivity contribution in [3.05, 3.63) is 35.4 Å². The van der Waals surface area contributed by atoms with Crippen LogP contribution < -0.4 is 5.32 Å². The first-order chi connectivity index (χ1) is 14.6. The lowest BCUT2D eigenvalue weighted by molar-refractivity contribution is -0.135. The Bertz CT molecular complexity index is 812. The van der Waals surface area contributed by atoms with Gasteiger partial charge >= 0.3 is 0 Å². The lowest BCUT2D eigenvalue weighted by Crippen LogP contribution is -2.54. The Morgan fingerprint density at radius 1 is 1.13 bits per heavy atom. The predicted octanol–water partition coefficient (Wildman–Crippen LogP) is 1.97. The topological polar surface area (TPSA) is 72.9 Å². The molecule has 0 unspecified atom stereocenters. The number of piperazine rings is 1. The molecule has 162 valence electrons. The maximum Gasteiger partial charge on any atom is 0.234 e. The highest BCUT2D eigenvalue weighted by Gasteiger charge is 2.54. The van der Waals surface area contributed by atoms with Gasteiger partial charge in [-0.3, -0.25) is 14.5 Å². The summed E-state index contributed by atoms with van der Waals surface area (Å²) in [5.41, 5.74) is 2.06. The van der Waals surface area contributed by atoms with Crippen molar-refractivity contribution in [2.24, 2.45) is 5.92 Å². The van der Waals surface area contributed by atoms with Gasteiger partial charge in [0, 0.05) is 38.0 Å². The summed E-state index contributed by atoms with van der Waals surface area (Å²) in [6.07, 6.45) is 6.64. The van der Waals surface area contributed by atoms with E-state index >= 15 is 0 Å². The van der Waals surface area contributed by atoms with E-state index in [2.05, 4.69) is 28.4 Å². The Hall–Kier alpha value is -1.92. The summed E-state index contributed by atoms with van der Waals surface area (Å²) in [6, 6.07) is 8.20. The van der Waals surface area contributed by atoms with E-state index in [0.717, 1.165) is 24.9 Å². The van der Waals surface area contributed by atoms with E-state index in [1.807, 2.05) is 11.0 Å². The smallest absolute Gasteiger partial charge is 0.234 e. The van der Waals surface area contributed by atoms with Crippen molar-refractivity contribution in [1.82, 2.24) is 15.1 Å². The monoisotopic (exact) mass is 411 g/mol. The highest BCUT2D eigenvalue weighted by molar-refractivity contribution is 5.79. The number of likely N-dealkylation sites (tertiary alicyclic amines) is 1. The van der Waals surface area contributed by atoms with E-state index < -0.39 is 6.10 Å². The van der Waals surface area contributed by atoms with Gasteiger partial charge in [-0.05, 0) is 42.7 Å². The van der Waals surface area contributed by atoms with Gasteiger partial charge in [0.1, 0.15) is 0 Å². The van der Waals surface area contributed by atoms with Gasteiger partial charge in [-0.15, -0.1) is 0 Å². The van der Waals surface area contributed by atoms with Crippen molar-refractivity contribution < 1.29 is 14.7 Å². The van der Waals surface area contributed by atoms with E-state index in [-0.39, 0.29) is 17.4 Å². The highest BCUT2D eigenvalue weighted by Crippen LogP contribution is 2.53. The lowest BCUT2D eigenvalue weighted by atomic mass is 9.72. The van der Waals surface area contributed by atoms with Gasteiger partial charge in [0.25, 0.3) is 0 Å². The molecule has 2 heterocycles. The van der Waals surface area contributed by atoms with Crippen LogP contribution in [0.5, 0.6) is 0 Å². The van der Waals surface area contributed by atoms with Crippen LogP contribution in [0.25, 0.3) is 0 Å². The molecular weight excluding hydrogens is 378 g/mol. The minimum Gasteiger partial charge on any atom is -0.390 e. The zero-order valence-electron chi connectivity index (χ0n) is 17.7. The molecule has 6 heteroatoms. The van der Waals surface area contributed by atoms with E-state index in [4.69, 9.17) is 0 Å². The summed E-state index contributed by atoms with van der Waals surface area (Å²) in [5, 5.41) is 14.5. The zero-order chi connectivity index (χ0) is 20.7. The van der Waals surface area contributed by atoms with Crippen molar-refractivity contribution in [3.8, 4) is 0 Å². The first-order valence-corrected chi connectivity index (χ1v) is 11.6. The van der Waals surface area contributed by atoms with E-state index in [9.17, 15) is 14.7 Å². The molecule has 1 spiro atoms. The number of rotatable bonds is 3. The largest absolute Gasteiger partial charge is 0.390 e. The summed E-state index contributed by atoms with van der Waals surface area (Å²) in [4.78, 5) is 29.0. The molecule has 0 bridgehead atoms. The minimum absolute atomic E-state index is 0.0270. The molecule has 6 nitrogen and oxygen atoms in total. The summed E-state index contributed by atoms with van der Waals surface area (Å²) < 4.78 is 0. The second kappa shape index (κ2) is 7.97.